The van der Waals surface area contributed by atoms with Gasteiger partial charge in [0, 0.05) is 6.04 Å². The first-order valence-electron chi connectivity index (χ1n) is 6.73. The number of allylic oxidation sites excluding steroid dienone is 1. The number of hydrogen-bond donors (Lipinski definition) is 1. The first-order valence-corrected chi connectivity index (χ1v) is 6.73. The molecule has 18 heavy (non-hydrogen) atoms. The van der Waals surface area contributed by atoms with E-state index in [-0.39, 0.29) is 11.9 Å². The third kappa shape index (κ3) is 3.39. The van der Waals surface area contributed by atoms with E-state index >= 15 is 0 Å². The van der Waals surface area contributed by atoms with E-state index in [1.165, 1.54) is 30.7 Å². The molecule has 0 spiro atoms. The van der Waals surface area contributed by atoms with Crippen LogP contribution in [0.5, 0.6) is 0 Å². The number of hydrogen-bond acceptors (Lipinski definition) is 2. The summed E-state index contributed by atoms with van der Waals surface area (Å²) in [6.07, 6.45) is 8.39. The van der Waals surface area contributed by atoms with Crippen molar-refractivity contribution >= 4 is 0 Å². The van der Waals surface area contributed by atoms with Gasteiger partial charge < -0.3 is 5.32 Å². The van der Waals surface area contributed by atoms with E-state index in [0.29, 0.717) is 6.04 Å². The Morgan fingerprint density at radius 3 is 2.67 bits per heavy atom. The Morgan fingerprint density at radius 1 is 1.28 bits per heavy atom. The van der Waals surface area contributed by atoms with Crippen LogP contribution in [0.4, 0.5) is 4.39 Å². The van der Waals surface area contributed by atoms with Crippen molar-refractivity contribution in [3.63, 3.8) is 0 Å². The van der Waals surface area contributed by atoms with Crippen molar-refractivity contribution in [2.75, 3.05) is 0 Å². The van der Waals surface area contributed by atoms with Crippen molar-refractivity contribution in [3.8, 4) is 0 Å². The van der Waals surface area contributed by atoms with Crippen molar-refractivity contribution < 1.29 is 4.39 Å². The molecular formula is C15H21FN2. The number of nitrogens with one attached hydrogen (secondary N) is 1. The standard InChI is InChI=1S/C15H21FN2/c1-11(2)18-15(12-6-4-3-5-7-12)14-9-8-13(16)10-17-14/h6,8-11,15,18H,3-5,7H2,1-2H3. The maximum absolute atomic E-state index is 13.0. The lowest BCUT2D eigenvalue weighted by molar-refractivity contribution is 0.487. The van der Waals surface area contributed by atoms with Gasteiger partial charge in [0.25, 0.3) is 0 Å². The zero-order chi connectivity index (χ0) is 13.0. The number of nitrogens with zero attached hydrogens (tertiary/aromatic N) is 1. The van der Waals surface area contributed by atoms with Crippen molar-refractivity contribution in [2.24, 2.45) is 0 Å². The molecule has 0 saturated heterocycles. The number of halogens is 1. The third-order valence-electron chi connectivity index (χ3n) is 3.24. The molecule has 0 aromatic carbocycles. The first kappa shape index (κ1) is 13.2. The van der Waals surface area contributed by atoms with E-state index in [2.05, 4.69) is 30.2 Å². The quantitative estimate of drug-likeness (QED) is 0.821. The van der Waals surface area contributed by atoms with Gasteiger partial charge in [-0.05, 0) is 51.7 Å². The predicted molar refractivity (Wildman–Crippen MR) is 71.8 cm³/mol. The Balaban J connectivity index is 2.23. The molecule has 1 heterocycles. The van der Waals surface area contributed by atoms with E-state index < -0.39 is 0 Å². The number of pyridine rings is 1. The van der Waals surface area contributed by atoms with Gasteiger partial charge >= 0.3 is 0 Å². The Morgan fingerprint density at radius 2 is 2.11 bits per heavy atom. The van der Waals surface area contributed by atoms with Crippen molar-refractivity contribution in [2.45, 2.75) is 51.6 Å². The van der Waals surface area contributed by atoms with E-state index in [1.807, 2.05) is 0 Å². The summed E-state index contributed by atoms with van der Waals surface area (Å²) < 4.78 is 13.0. The molecule has 3 heteroatoms. The maximum Gasteiger partial charge on any atom is 0.141 e. The van der Waals surface area contributed by atoms with Crippen molar-refractivity contribution in [3.05, 3.63) is 41.5 Å². The highest BCUT2D eigenvalue weighted by Crippen LogP contribution is 2.29. The van der Waals surface area contributed by atoms with E-state index in [1.54, 1.807) is 6.07 Å². The Bertz CT molecular complexity index is 409. The number of aromatic nitrogens is 1. The Kier molecular flexibility index (Phi) is 4.48. The molecule has 0 saturated carbocycles. The molecule has 0 fully saturated rings. The van der Waals surface area contributed by atoms with Crippen LogP contribution in [0.25, 0.3) is 0 Å². The van der Waals surface area contributed by atoms with E-state index in [0.717, 1.165) is 18.5 Å². The van der Waals surface area contributed by atoms with Gasteiger partial charge in [0.2, 0.25) is 0 Å². The third-order valence-corrected chi connectivity index (χ3v) is 3.24. The summed E-state index contributed by atoms with van der Waals surface area (Å²) >= 11 is 0. The molecular weight excluding hydrogens is 227 g/mol. The lowest BCUT2D eigenvalue weighted by atomic mass is 9.91. The van der Waals surface area contributed by atoms with E-state index in [9.17, 15) is 4.39 Å². The summed E-state index contributed by atoms with van der Waals surface area (Å²) in [4.78, 5) is 4.23. The van der Waals surface area contributed by atoms with Crippen molar-refractivity contribution in [1.82, 2.24) is 10.3 Å². The van der Waals surface area contributed by atoms with Crippen LogP contribution in [0.2, 0.25) is 0 Å². The molecule has 2 nitrogen and oxygen atoms in total. The molecule has 1 aromatic heterocycles. The van der Waals surface area contributed by atoms with Gasteiger partial charge in [0.05, 0.1) is 17.9 Å². The average Bonchev–Trinajstić information content (AvgIpc) is 2.38. The topological polar surface area (TPSA) is 24.9 Å². The average molecular weight is 248 g/mol. The fourth-order valence-corrected chi connectivity index (χ4v) is 2.40. The van der Waals surface area contributed by atoms with Crippen molar-refractivity contribution in [1.29, 1.82) is 0 Å². The fraction of sp³-hybridized carbons (Fsp3) is 0.533. The summed E-state index contributed by atoms with van der Waals surface area (Å²) in [5, 5.41) is 3.53. The second-order valence-corrected chi connectivity index (χ2v) is 5.18. The van der Waals surface area contributed by atoms with Crippen LogP contribution in [0, 0.1) is 5.82 Å². The SMILES string of the molecule is CC(C)NC(C1=CCCCC1)c1ccc(F)cn1. The largest absolute Gasteiger partial charge is 0.303 e. The summed E-state index contributed by atoms with van der Waals surface area (Å²) in [6.45, 7) is 4.25. The molecule has 1 atom stereocenters. The molecule has 1 N–H and O–H groups in total. The molecule has 1 aliphatic carbocycles. The summed E-state index contributed by atoms with van der Waals surface area (Å²) in [5.41, 5.74) is 2.31. The monoisotopic (exact) mass is 248 g/mol. The van der Waals surface area contributed by atoms with Gasteiger partial charge in [0.15, 0.2) is 0 Å². The molecule has 1 unspecified atom stereocenters. The molecule has 0 bridgehead atoms. The maximum atomic E-state index is 13.0. The summed E-state index contributed by atoms with van der Waals surface area (Å²) in [7, 11) is 0. The van der Waals surface area contributed by atoms with Gasteiger partial charge in [-0.2, -0.15) is 0 Å². The van der Waals surface area contributed by atoms with Crippen LogP contribution in [0.15, 0.2) is 30.0 Å². The van der Waals surface area contributed by atoms with Crippen LogP contribution >= 0.6 is 0 Å². The van der Waals surface area contributed by atoms with Crippen LogP contribution < -0.4 is 5.32 Å². The number of rotatable bonds is 4. The van der Waals surface area contributed by atoms with Crippen LogP contribution in [-0.4, -0.2) is 11.0 Å². The minimum Gasteiger partial charge on any atom is -0.303 e. The molecule has 1 aliphatic rings. The normalized spacial score (nSPS) is 17.7. The molecule has 0 aliphatic heterocycles. The first-order chi connectivity index (χ1) is 8.66. The smallest absolute Gasteiger partial charge is 0.141 e. The van der Waals surface area contributed by atoms with Gasteiger partial charge in [0.1, 0.15) is 5.82 Å². The molecule has 2 rings (SSSR count). The second kappa shape index (κ2) is 6.10. The lowest BCUT2D eigenvalue weighted by Crippen LogP contribution is -2.30. The van der Waals surface area contributed by atoms with E-state index in [4.69, 9.17) is 0 Å². The molecule has 0 amide bonds. The van der Waals surface area contributed by atoms with Crippen LogP contribution in [-0.2, 0) is 0 Å². The highest BCUT2D eigenvalue weighted by molar-refractivity contribution is 5.24. The predicted octanol–water partition coefficient (Wildman–Crippen LogP) is 3.76. The van der Waals surface area contributed by atoms with Gasteiger partial charge in [-0.25, -0.2) is 4.39 Å². The fourth-order valence-electron chi connectivity index (χ4n) is 2.40. The Hall–Kier alpha value is -1.22. The minimum absolute atomic E-state index is 0.130. The second-order valence-electron chi connectivity index (χ2n) is 5.18. The highest BCUT2D eigenvalue weighted by Gasteiger charge is 2.20. The Labute approximate surface area is 108 Å². The minimum atomic E-state index is -0.278. The van der Waals surface area contributed by atoms with Gasteiger partial charge in [-0.1, -0.05) is 11.6 Å². The van der Waals surface area contributed by atoms with Crippen LogP contribution in [0.3, 0.4) is 0 Å². The van der Waals surface area contributed by atoms with Gasteiger partial charge in [-0.3, -0.25) is 4.98 Å². The van der Waals surface area contributed by atoms with Gasteiger partial charge in [-0.15, -0.1) is 0 Å². The zero-order valence-corrected chi connectivity index (χ0v) is 11.1. The summed E-state index contributed by atoms with van der Waals surface area (Å²) in [6, 6.07) is 3.78. The zero-order valence-electron chi connectivity index (χ0n) is 11.1. The molecule has 1 aromatic rings. The summed E-state index contributed by atoms with van der Waals surface area (Å²) in [5.74, 6) is -0.278. The lowest BCUT2D eigenvalue weighted by Gasteiger charge is -2.26. The molecule has 0 radical (unpaired) electrons. The highest BCUT2D eigenvalue weighted by atomic mass is 19.1. The van der Waals surface area contributed by atoms with Crippen LogP contribution in [0.1, 0.15) is 51.3 Å². The molecule has 98 valence electrons.